The molecular weight excluding hydrogens is 901 g/mol. The van der Waals surface area contributed by atoms with Crippen molar-refractivity contribution in [3.05, 3.63) is 85.1 Å². The van der Waals surface area contributed by atoms with E-state index >= 15 is 0 Å². The first-order valence-electron chi connectivity index (χ1n) is 26.2. The molecule has 2 fully saturated rings. The number of ether oxygens (including phenoxy) is 6. The zero-order valence-corrected chi connectivity index (χ0v) is 42.2. The zero-order valence-electron chi connectivity index (χ0n) is 42.2. The van der Waals surface area contributed by atoms with Crippen molar-refractivity contribution >= 4 is 11.9 Å². The Kier molecular flexibility index (Phi) is 36.9. The molecular formula is C55H90O15. The number of rotatable bonds is 39. The first-order chi connectivity index (χ1) is 34.0. The van der Waals surface area contributed by atoms with E-state index in [2.05, 4.69) is 86.8 Å². The lowest BCUT2D eigenvalue weighted by Gasteiger charge is -2.42. The fourth-order valence-electron chi connectivity index (χ4n) is 7.51. The van der Waals surface area contributed by atoms with E-state index in [4.69, 9.17) is 28.4 Å². The summed E-state index contributed by atoms with van der Waals surface area (Å²) in [7, 11) is 0. The van der Waals surface area contributed by atoms with Crippen LogP contribution in [0.4, 0.5) is 0 Å². The molecule has 2 heterocycles. The molecule has 0 aliphatic carbocycles. The van der Waals surface area contributed by atoms with Gasteiger partial charge in [-0.15, -0.1) is 0 Å². The topological polar surface area (TPSA) is 231 Å². The molecule has 7 N–H and O–H groups in total. The normalized spacial score (nSPS) is 26.1. The monoisotopic (exact) mass is 991 g/mol. The predicted molar refractivity (Wildman–Crippen MR) is 270 cm³/mol. The molecule has 0 aromatic heterocycles. The second-order valence-corrected chi connectivity index (χ2v) is 18.0. The van der Waals surface area contributed by atoms with Gasteiger partial charge in [0.2, 0.25) is 0 Å². The lowest BCUT2D eigenvalue weighted by atomic mass is 9.98. The van der Waals surface area contributed by atoms with Crippen molar-refractivity contribution < 1.29 is 73.8 Å². The number of aliphatic hydroxyl groups is 7. The van der Waals surface area contributed by atoms with Gasteiger partial charge in [-0.25, -0.2) is 0 Å². The minimum absolute atomic E-state index is 0.0794. The van der Waals surface area contributed by atoms with Crippen molar-refractivity contribution in [3.8, 4) is 0 Å². The Labute approximate surface area is 418 Å². The van der Waals surface area contributed by atoms with Gasteiger partial charge >= 0.3 is 11.9 Å². The highest BCUT2D eigenvalue weighted by molar-refractivity contribution is 5.70. The average molecular weight is 991 g/mol. The number of allylic oxidation sites excluding steroid dienone is 14. The molecule has 0 amide bonds. The van der Waals surface area contributed by atoms with Crippen molar-refractivity contribution in [2.24, 2.45) is 0 Å². The van der Waals surface area contributed by atoms with Crippen LogP contribution < -0.4 is 0 Å². The fraction of sp³-hybridized carbons (Fsp3) is 0.709. The van der Waals surface area contributed by atoms with Gasteiger partial charge in [-0.1, -0.05) is 137 Å². The Bertz CT molecular complexity index is 1540. The molecule has 2 aliphatic heterocycles. The molecule has 11 atom stereocenters. The molecule has 0 bridgehead atoms. The number of hydrogen-bond donors (Lipinski definition) is 7. The van der Waals surface area contributed by atoms with E-state index in [1.807, 2.05) is 12.2 Å². The molecule has 15 nitrogen and oxygen atoms in total. The van der Waals surface area contributed by atoms with Gasteiger partial charge < -0.3 is 64.2 Å². The van der Waals surface area contributed by atoms with Gasteiger partial charge in [0.1, 0.15) is 55.4 Å². The van der Waals surface area contributed by atoms with Crippen molar-refractivity contribution in [2.45, 2.75) is 223 Å². The Morgan fingerprint density at radius 2 is 0.871 bits per heavy atom. The summed E-state index contributed by atoms with van der Waals surface area (Å²) < 4.78 is 33.5. The quantitative estimate of drug-likeness (QED) is 0.0179. The Morgan fingerprint density at radius 1 is 0.457 bits per heavy atom. The largest absolute Gasteiger partial charge is 0.462 e. The summed E-state index contributed by atoms with van der Waals surface area (Å²) >= 11 is 0. The van der Waals surface area contributed by atoms with Crippen LogP contribution in [0.3, 0.4) is 0 Å². The van der Waals surface area contributed by atoms with E-state index in [1.165, 1.54) is 38.5 Å². The van der Waals surface area contributed by atoms with Crippen LogP contribution >= 0.6 is 0 Å². The summed E-state index contributed by atoms with van der Waals surface area (Å²) in [5.41, 5.74) is 0. The van der Waals surface area contributed by atoms with Crippen LogP contribution in [0, 0.1) is 0 Å². The maximum atomic E-state index is 13.0. The smallest absolute Gasteiger partial charge is 0.306 e. The first-order valence-corrected chi connectivity index (χ1v) is 26.2. The average Bonchev–Trinajstić information content (AvgIpc) is 3.35. The van der Waals surface area contributed by atoms with Gasteiger partial charge in [-0.3, -0.25) is 9.59 Å². The molecule has 2 saturated heterocycles. The van der Waals surface area contributed by atoms with Crippen molar-refractivity contribution in [2.75, 3.05) is 26.4 Å². The van der Waals surface area contributed by atoms with Crippen LogP contribution in [0.5, 0.6) is 0 Å². The second kappa shape index (κ2) is 41.2. The molecule has 0 aromatic rings. The molecule has 400 valence electrons. The van der Waals surface area contributed by atoms with E-state index in [0.717, 1.165) is 70.6 Å². The number of carbonyl (C=O) groups excluding carboxylic acids is 2. The van der Waals surface area contributed by atoms with E-state index in [0.29, 0.717) is 19.3 Å². The van der Waals surface area contributed by atoms with Crippen molar-refractivity contribution in [3.63, 3.8) is 0 Å². The van der Waals surface area contributed by atoms with Gasteiger partial charge in [0.25, 0.3) is 0 Å². The molecule has 70 heavy (non-hydrogen) atoms. The predicted octanol–water partition coefficient (Wildman–Crippen LogP) is 7.60. The molecule has 4 unspecified atom stereocenters. The third-order valence-corrected chi connectivity index (χ3v) is 11.8. The number of esters is 2. The summed E-state index contributed by atoms with van der Waals surface area (Å²) in [5.74, 6) is -1.02. The van der Waals surface area contributed by atoms with E-state index in [9.17, 15) is 45.3 Å². The van der Waals surface area contributed by atoms with E-state index < -0.39 is 99.3 Å². The van der Waals surface area contributed by atoms with E-state index in [1.54, 1.807) is 0 Å². The summed E-state index contributed by atoms with van der Waals surface area (Å²) in [5, 5.41) is 72.1. The Balaban J connectivity index is 1.85. The molecule has 0 spiro atoms. The zero-order chi connectivity index (χ0) is 51.0. The third kappa shape index (κ3) is 28.7. The lowest BCUT2D eigenvalue weighted by molar-refractivity contribution is -0.332. The van der Waals surface area contributed by atoms with Crippen LogP contribution in [0.25, 0.3) is 0 Å². The van der Waals surface area contributed by atoms with Gasteiger partial charge in [0.05, 0.1) is 19.8 Å². The van der Waals surface area contributed by atoms with Crippen molar-refractivity contribution in [1.82, 2.24) is 0 Å². The minimum Gasteiger partial charge on any atom is -0.462 e. The highest BCUT2D eigenvalue weighted by Gasteiger charge is 2.47. The lowest BCUT2D eigenvalue weighted by Crippen LogP contribution is -2.61. The highest BCUT2D eigenvalue weighted by Crippen LogP contribution is 2.26. The molecule has 0 radical (unpaired) electrons. The highest BCUT2D eigenvalue weighted by atomic mass is 16.7. The van der Waals surface area contributed by atoms with Crippen LogP contribution in [0.1, 0.15) is 155 Å². The number of hydrogen-bond acceptors (Lipinski definition) is 15. The number of carbonyl (C=O) groups is 2. The van der Waals surface area contributed by atoms with Crippen LogP contribution in [-0.2, 0) is 38.0 Å². The fourth-order valence-corrected chi connectivity index (χ4v) is 7.51. The minimum atomic E-state index is -1.78. The Morgan fingerprint density at radius 3 is 1.37 bits per heavy atom. The summed E-state index contributed by atoms with van der Waals surface area (Å²) in [4.78, 5) is 25.8. The van der Waals surface area contributed by atoms with Crippen LogP contribution in [-0.4, -0.2) is 142 Å². The number of unbranched alkanes of at least 4 members (excludes halogenated alkanes) is 11. The van der Waals surface area contributed by atoms with Gasteiger partial charge in [0, 0.05) is 12.8 Å². The molecule has 2 aliphatic rings. The molecule has 0 saturated carbocycles. The Hall–Kier alpha value is -3.32. The molecule has 0 aromatic carbocycles. The first kappa shape index (κ1) is 62.8. The van der Waals surface area contributed by atoms with Crippen LogP contribution in [0.15, 0.2) is 85.1 Å². The molecule has 2 rings (SSSR count). The number of aliphatic hydroxyl groups excluding tert-OH is 7. The standard InChI is InChI=1S/C55H90O15/c1-3-5-7-9-11-13-15-17-19-21-23-25-27-29-31-33-35-37-46(57)65-40-43(68-47(58)38-36-34-32-30-28-26-24-22-20-18-16-14-12-10-8-6-4-2)41-66-54-53(64)51(62)49(60)45(70-54)42-67-55-52(63)50(61)48(59)44(39-56)69-55/h11-14,17-20,23-26,30,32,43-45,48-56,59-64H,3-10,15-16,21-22,27-29,31,33-42H2,1-2H3/b13-11+,14-12+,19-17+,20-18+,25-23+,26-24+,32-30+/t43-,44+,45+,48-,49-,50?,51?,52?,53?,54+,55+/m0/s1. The molecule has 15 heteroatoms. The SMILES string of the molecule is CCCCC/C=C/C/C=C/C/C=C/C/C=C/CCCC(=O)O[C@@H](COC(=O)CCCCCC/C=C/C/C=C/C/C=C/CCCCC)CO[C@@H]1O[C@H](CO[C@@H]2O[C@H](CO)[C@H](O)C(O)C2O)[C@H](O)C(O)C1O. The van der Waals surface area contributed by atoms with Gasteiger partial charge in [-0.2, -0.15) is 0 Å². The maximum absolute atomic E-state index is 13.0. The van der Waals surface area contributed by atoms with Gasteiger partial charge in [0.15, 0.2) is 18.7 Å². The summed E-state index contributed by atoms with van der Waals surface area (Å²) in [6.07, 6.45) is 33.2. The maximum Gasteiger partial charge on any atom is 0.306 e. The van der Waals surface area contributed by atoms with Crippen LogP contribution in [0.2, 0.25) is 0 Å². The van der Waals surface area contributed by atoms with E-state index in [-0.39, 0.29) is 19.4 Å². The summed E-state index contributed by atoms with van der Waals surface area (Å²) in [6.45, 7) is 2.43. The third-order valence-electron chi connectivity index (χ3n) is 11.8. The summed E-state index contributed by atoms with van der Waals surface area (Å²) in [6, 6.07) is 0. The van der Waals surface area contributed by atoms with Gasteiger partial charge in [-0.05, 0) is 89.9 Å². The second-order valence-electron chi connectivity index (χ2n) is 18.0. The van der Waals surface area contributed by atoms with Crippen molar-refractivity contribution in [1.29, 1.82) is 0 Å².